The number of nitrogens with one attached hydrogen (secondary N) is 2. The lowest BCUT2D eigenvalue weighted by atomic mass is 10.3. The van der Waals surface area contributed by atoms with Gasteiger partial charge in [0.25, 0.3) is 10.0 Å². The van der Waals surface area contributed by atoms with Crippen molar-refractivity contribution in [1.82, 2.24) is 19.8 Å². The maximum atomic E-state index is 12.6. The normalized spacial score (nSPS) is 20.8. The summed E-state index contributed by atoms with van der Waals surface area (Å²) in [6, 6.07) is -0.188. The molecule has 0 saturated carbocycles. The highest BCUT2D eigenvalue weighted by Gasteiger charge is 2.35. The monoisotopic (exact) mass is 302 g/mol. The molecule has 1 aliphatic rings. The third-order valence-electron chi connectivity index (χ3n) is 3.11. The van der Waals surface area contributed by atoms with Crippen molar-refractivity contribution in [3.05, 3.63) is 11.8 Å². The highest BCUT2D eigenvalue weighted by molar-refractivity contribution is 7.89. The third kappa shape index (κ3) is 2.69. The van der Waals surface area contributed by atoms with E-state index in [2.05, 4.69) is 15.5 Å². The average molecular weight is 302 g/mol. The van der Waals surface area contributed by atoms with Crippen LogP contribution in [0, 0.1) is 0 Å². The molecule has 0 spiro atoms. The summed E-state index contributed by atoms with van der Waals surface area (Å²) in [4.78, 5) is 11.8. The Balaban J connectivity index is 2.35. The van der Waals surface area contributed by atoms with Crippen molar-refractivity contribution in [1.29, 1.82) is 0 Å². The number of carbonyl (C=O) groups is 1. The molecule has 0 amide bonds. The number of H-pyrrole nitrogens is 1. The summed E-state index contributed by atoms with van der Waals surface area (Å²) in [5, 5.41) is 8.98. The van der Waals surface area contributed by atoms with Crippen molar-refractivity contribution >= 4 is 16.0 Å². The lowest BCUT2D eigenvalue weighted by Crippen LogP contribution is -2.52. The van der Waals surface area contributed by atoms with E-state index in [0.29, 0.717) is 19.6 Å². The summed E-state index contributed by atoms with van der Waals surface area (Å²) in [5.41, 5.74) is -0.0578. The topological polar surface area (TPSA) is 104 Å². The van der Waals surface area contributed by atoms with Crippen LogP contribution in [0.25, 0.3) is 0 Å². The van der Waals surface area contributed by atoms with Gasteiger partial charge in [-0.3, -0.25) is 5.10 Å². The first-order valence-corrected chi connectivity index (χ1v) is 7.85. The Morgan fingerprint density at radius 3 is 3.00 bits per heavy atom. The fourth-order valence-electron chi connectivity index (χ4n) is 2.12. The summed E-state index contributed by atoms with van der Waals surface area (Å²) in [6.07, 6.45) is 1.18. The van der Waals surface area contributed by atoms with E-state index in [1.54, 1.807) is 6.92 Å². The Morgan fingerprint density at radius 1 is 1.60 bits per heavy atom. The van der Waals surface area contributed by atoms with Gasteiger partial charge in [0.2, 0.25) is 0 Å². The van der Waals surface area contributed by atoms with Crippen molar-refractivity contribution in [2.24, 2.45) is 0 Å². The van der Waals surface area contributed by atoms with Crippen molar-refractivity contribution < 1.29 is 17.9 Å². The zero-order chi connectivity index (χ0) is 14.8. The minimum atomic E-state index is -3.79. The summed E-state index contributed by atoms with van der Waals surface area (Å²) in [6.45, 7) is 5.14. The molecule has 20 heavy (non-hydrogen) atoms. The van der Waals surface area contributed by atoms with Crippen LogP contribution in [0.15, 0.2) is 11.2 Å². The second-order valence-electron chi connectivity index (χ2n) is 4.50. The summed E-state index contributed by atoms with van der Waals surface area (Å²) >= 11 is 0. The van der Waals surface area contributed by atoms with Gasteiger partial charge >= 0.3 is 5.97 Å². The minimum Gasteiger partial charge on any atom is -0.462 e. The summed E-state index contributed by atoms with van der Waals surface area (Å²) < 4.78 is 31.4. The molecule has 1 saturated heterocycles. The molecule has 1 fully saturated rings. The van der Waals surface area contributed by atoms with Crippen LogP contribution in [0.5, 0.6) is 0 Å². The first-order chi connectivity index (χ1) is 9.48. The number of esters is 1. The Labute approximate surface area is 117 Å². The van der Waals surface area contributed by atoms with Crippen LogP contribution in [0.2, 0.25) is 0 Å². The number of aromatic amines is 1. The number of sulfonamides is 1. The van der Waals surface area contributed by atoms with Crippen LogP contribution >= 0.6 is 0 Å². The van der Waals surface area contributed by atoms with E-state index in [4.69, 9.17) is 4.74 Å². The van der Waals surface area contributed by atoms with Crippen LogP contribution < -0.4 is 5.32 Å². The first kappa shape index (κ1) is 14.9. The number of hydrogen-bond acceptors (Lipinski definition) is 6. The van der Waals surface area contributed by atoms with E-state index in [9.17, 15) is 13.2 Å². The highest BCUT2D eigenvalue weighted by atomic mass is 32.2. The minimum absolute atomic E-state index is 0.0578. The van der Waals surface area contributed by atoms with Gasteiger partial charge in [-0.05, 0) is 13.8 Å². The highest BCUT2D eigenvalue weighted by Crippen LogP contribution is 2.21. The Kier molecular flexibility index (Phi) is 4.41. The van der Waals surface area contributed by atoms with Gasteiger partial charge < -0.3 is 10.1 Å². The second-order valence-corrected chi connectivity index (χ2v) is 6.33. The SMILES string of the molecule is CCOC(=O)c1cn[nH]c1S(=O)(=O)N1CCNCC1C. The van der Waals surface area contributed by atoms with Crippen LogP contribution in [0.1, 0.15) is 24.2 Å². The number of nitrogens with zero attached hydrogens (tertiary/aromatic N) is 2. The van der Waals surface area contributed by atoms with Gasteiger partial charge in [-0.1, -0.05) is 0 Å². The molecular formula is C11H18N4O4S. The van der Waals surface area contributed by atoms with E-state index in [1.165, 1.54) is 10.5 Å². The summed E-state index contributed by atoms with van der Waals surface area (Å²) in [5.74, 6) is -0.692. The van der Waals surface area contributed by atoms with Gasteiger partial charge in [-0.15, -0.1) is 0 Å². The molecule has 2 rings (SSSR count). The fraction of sp³-hybridized carbons (Fsp3) is 0.636. The molecule has 0 bridgehead atoms. The lowest BCUT2D eigenvalue weighted by Gasteiger charge is -2.32. The first-order valence-electron chi connectivity index (χ1n) is 6.41. The van der Waals surface area contributed by atoms with Crippen molar-refractivity contribution in [3.8, 4) is 0 Å². The fourth-order valence-corrected chi connectivity index (χ4v) is 3.82. The van der Waals surface area contributed by atoms with E-state index in [-0.39, 0.29) is 23.2 Å². The number of hydrogen-bond donors (Lipinski definition) is 2. The molecule has 1 aliphatic heterocycles. The maximum Gasteiger partial charge on any atom is 0.342 e. The zero-order valence-electron chi connectivity index (χ0n) is 11.4. The molecule has 112 valence electrons. The number of carbonyl (C=O) groups excluding carboxylic acids is 1. The van der Waals surface area contributed by atoms with E-state index in [1.807, 2.05) is 6.92 Å². The Bertz CT molecular complexity index is 583. The molecule has 2 heterocycles. The molecule has 8 nitrogen and oxygen atoms in total. The average Bonchev–Trinajstić information content (AvgIpc) is 2.89. The maximum absolute atomic E-state index is 12.6. The largest absolute Gasteiger partial charge is 0.462 e. The molecule has 1 atom stereocenters. The van der Waals surface area contributed by atoms with Gasteiger partial charge in [-0.25, -0.2) is 13.2 Å². The predicted molar refractivity (Wildman–Crippen MR) is 70.8 cm³/mol. The van der Waals surface area contributed by atoms with Crippen molar-refractivity contribution in [2.45, 2.75) is 24.9 Å². The molecule has 9 heteroatoms. The molecular weight excluding hydrogens is 284 g/mol. The number of piperazine rings is 1. The van der Waals surface area contributed by atoms with Gasteiger partial charge in [0.05, 0.1) is 12.8 Å². The van der Waals surface area contributed by atoms with Crippen molar-refractivity contribution in [2.75, 3.05) is 26.2 Å². The molecule has 1 unspecified atom stereocenters. The van der Waals surface area contributed by atoms with E-state index < -0.39 is 16.0 Å². The molecule has 0 aliphatic carbocycles. The van der Waals surface area contributed by atoms with Gasteiger partial charge in [0.1, 0.15) is 5.56 Å². The molecule has 0 aromatic carbocycles. The van der Waals surface area contributed by atoms with E-state index in [0.717, 1.165) is 0 Å². The van der Waals surface area contributed by atoms with Gasteiger partial charge in [0, 0.05) is 25.7 Å². The smallest absolute Gasteiger partial charge is 0.342 e. The predicted octanol–water partition coefficient (Wildman–Crippen LogP) is -0.431. The Hall–Kier alpha value is -1.45. The number of ether oxygens (including phenoxy) is 1. The number of aromatic nitrogens is 2. The summed E-state index contributed by atoms with van der Waals surface area (Å²) in [7, 11) is -3.79. The molecule has 0 radical (unpaired) electrons. The number of rotatable bonds is 4. The van der Waals surface area contributed by atoms with Gasteiger partial charge in [-0.2, -0.15) is 9.40 Å². The van der Waals surface area contributed by atoms with E-state index >= 15 is 0 Å². The molecule has 1 aromatic heterocycles. The van der Waals surface area contributed by atoms with Crippen LogP contribution in [-0.4, -0.2) is 61.2 Å². The zero-order valence-corrected chi connectivity index (χ0v) is 12.2. The van der Waals surface area contributed by atoms with Crippen LogP contribution in [0.4, 0.5) is 0 Å². The molecule has 1 aromatic rings. The standard InChI is InChI=1S/C11H18N4O4S/c1-3-19-11(16)9-7-13-14-10(9)20(17,18)15-5-4-12-6-8(15)2/h7-8,12H,3-6H2,1-2H3,(H,13,14). The van der Waals surface area contributed by atoms with Gasteiger partial charge in [0.15, 0.2) is 5.03 Å². The van der Waals surface area contributed by atoms with Crippen molar-refractivity contribution in [3.63, 3.8) is 0 Å². The van der Waals surface area contributed by atoms with Crippen LogP contribution in [-0.2, 0) is 14.8 Å². The molecule has 2 N–H and O–H groups in total. The van der Waals surface area contributed by atoms with Crippen LogP contribution in [0.3, 0.4) is 0 Å². The second kappa shape index (κ2) is 5.90. The Morgan fingerprint density at radius 2 is 2.35 bits per heavy atom. The lowest BCUT2D eigenvalue weighted by molar-refractivity contribution is 0.0521. The quantitative estimate of drug-likeness (QED) is 0.731. The third-order valence-corrected chi connectivity index (χ3v) is 5.09.